The largest absolute Gasteiger partial charge is 0.416 e. The number of hydrogen-bond acceptors (Lipinski definition) is 3. The summed E-state index contributed by atoms with van der Waals surface area (Å²) < 4.78 is 38.1. The average Bonchev–Trinajstić information content (AvgIpc) is 3.15. The molecule has 0 aromatic heterocycles. The molecule has 4 atom stereocenters. The van der Waals surface area contributed by atoms with Crippen LogP contribution in [0.5, 0.6) is 0 Å². The second kappa shape index (κ2) is 6.86. The second-order valence-corrected chi connectivity index (χ2v) is 7.08. The highest BCUT2D eigenvalue weighted by Crippen LogP contribution is 2.40. The molecular weight excluding hydrogens is 331 g/mol. The van der Waals surface area contributed by atoms with Crippen LogP contribution in [0, 0.1) is 11.8 Å². The molecule has 1 saturated carbocycles. The first-order valence-electron chi connectivity index (χ1n) is 8.77. The summed E-state index contributed by atoms with van der Waals surface area (Å²) in [7, 11) is 0. The molecule has 0 unspecified atom stereocenters. The zero-order chi connectivity index (χ0) is 18.2. The Morgan fingerprint density at radius 1 is 1.28 bits per heavy atom. The average molecular weight is 355 g/mol. The van der Waals surface area contributed by atoms with Crippen LogP contribution in [0.2, 0.25) is 0 Å². The van der Waals surface area contributed by atoms with Crippen LogP contribution < -0.4 is 16.0 Å². The van der Waals surface area contributed by atoms with Crippen molar-refractivity contribution in [3.8, 4) is 0 Å². The van der Waals surface area contributed by atoms with E-state index in [1.165, 1.54) is 12.1 Å². The summed E-state index contributed by atoms with van der Waals surface area (Å²) in [6.07, 6.45) is -1.75. The molecule has 1 aliphatic carbocycles. The maximum absolute atomic E-state index is 12.7. The van der Waals surface area contributed by atoms with E-state index < -0.39 is 17.8 Å². The molecule has 1 aliphatic heterocycles. The minimum atomic E-state index is -4.31. The zero-order valence-electron chi connectivity index (χ0n) is 14.2. The highest BCUT2D eigenvalue weighted by atomic mass is 19.4. The molecule has 4 nitrogen and oxygen atoms in total. The van der Waals surface area contributed by atoms with Crippen LogP contribution in [0.3, 0.4) is 0 Å². The number of alkyl halides is 3. The summed E-state index contributed by atoms with van der Waals surface area (Å²) in [5.74, 6) is 0.682. The van der Waals surface area contributed by atoms with Gasteiger partial charge in [0.1, 0.15) is 0 Å². The first kappa shape index (κ1) is 18.0. The third-order valence-corrected chi connectivity index (χ3v) is 5.52. The van der Waals surface area contributed by atoms with E-state index in [0.717, 1.165) is 43.8 Å². The fourth-order valence-corrected chi connectivity index (χ4v) is 3.99. The van der Waals surface area contributed by atoms with Gasteiger partial charge in [0.05, 0.1) is 11.6 Å². The van der Waals surface area contributed by atoms with Gasteiger partial charge in [-0.3, -0.25) is 4.79 Å². The first-order chi connectivity index (χ1) is 11.8. The maximum atomic E-state index is 12.7. The molecular formula is C18H24F3N3O. The summed E-state index contributed by atoms with van der Waals surface area (Å²) >= 11 is 0. The van der Waals surface area contributed by atoms with Crippen LogP contribution in [0.1, 0.15) is 31.7 Å². The van der Waals surface area contributed by atoms with Gasteiger partial charge in [-0.05, 0) is 49.4 Å². The number of carbonyl (C=O) groups excluding carboxylic acids is 1. The van der Waals surface area contributed by atoms with Crippen molar-refractivity contribution in [2.75, 3.05) is 18.0 Å². The molecule has 1 aromatic rings. The highest BCUT2D eigenvalue weighted by Gasteiger charge is 2.43. The molecule has 25 heavy (non-hydrogen) atoms. The Bertz CT molecular complexity index is 617. The zero-order valence-corrected chi connectivity index (χ0v) is 14.2. The van der Waals surface area contributed by atoms with Gasteiger partial charge in [-0.15, -0.1) is 0 Å². The van der Waals surface area contributed by atoms with Crippen molar-refractivity contribution in [2.45, 2.75) is 44.4 Å². The Balaban J connectivity index is 1.64. The molecule has 1 aromatic carbocycles. The van der Waals surface area contributed by atoms with E-state index in [1.807, 2.05) is 6.92 Å². The van der Waals surface area contributed by atoms with E-state index in [4.69, 9.17) is 5.73 Å². The van der Waals surface area contributed by atoms with Crippen molar-refractivity contribution in [1.82, 2.24) is 5.32 Å². The Morgan fingerprint density at radius 3 is 2.56 bits per heavy atom. The molecule has 0 bridgehead atoms. The van der Waals surface area contributed by atoms with E-state index in [-0.39, 0.29) is 11.9 Å². The molecule has 3 N–H and O–H groups in total. The molecule has 138 valence electrons. The summed E-state index contributed by atoms with van der Waals surface area (Å²) in [5, 5.41) is 3.06. The van der Waals surface area contributed by atoms with Crippen LogP contribution >= 0.6 is 0 Å². The number of hydrogen-bond donors (Lipinski definition) is 2. The van der Waals surface area contributed by atoms with E-state index in [9.17, 15) is 18.0 Å². The standard InChI is InChI=1S/C18H24F3N3O/c1-2-15(22)17(25)23-16-8-3-11-9-24(10-14(11)16)13-6-4-12(5-7-13)18(19,20)21/h4-7,11,14-16H,2-3,8-10,22H2,1H3,(H,23,25)/t11-,14+,15+,16+/m1/s1. The summed E-state index contributed by atoms with van der Waals surface area (Å²) in [6.45, 7) is 3.45. The second-order valence-electron chi connectivity index (χ2n) is 7.08. The fourth-order valence-electron chi connectivity index (χ4n) is 3.99. The number of nitrogens with one attached hydrogen (secondary N) is 1. The Kier molecular flexibility index (Phi) is 4.95. The number of anilines is 1. The molecule has 3 rings (SSSR count). The molecule has 0 radical (unpaired) electrons. The molecule has 2 fully saturated rings. The molecule has 1 heterocycles. The molecule has 1 amide bonds. The van der Waals surface area contributed by atoms with Crippen LogP contribution in [0.25, 0.3) is 0 Å². The van der Waals surface area contributed by atoms with E-state index in [2.05, 4.69) is 10.2 Å². The maximum Gasteiger partial charge on any atom is 0.416 e. The smallest absolute Gasteiger partial charge is 0.371 e. The number of benzene rings is 1. The van der Waals surface area contributed by atoms with Gasteiger partial charge < -0.3 is 16.0 Å². The van der Waals surface area contributed by atoms with Crippen LogP contribution in [-0.2, 0) is 11.0 Å². The van der Waals surface area contributed by atoms with Crippen molar-refractivity contribution in [3.05, 3.63) is 29.8 Å². The molecule has 0 spiro atoms. The van der Waals surface area contributed by atoms with E-state index in [0.29, 0.717) is 18.3 Å². The van der Waals surface area contributed by atoms with Gasteiger partial charge >= 0.3 is 6.18 Å². The lowest BCUT2D eigenvalue weighted by Gasteiger charge is -2.24. The van der Waals surface area contributed by atoms with Crippen molar-refractivity contribution < 1.29 is 18.0 Å². The Labute approximate surface area is 145 Å². The third-order valence-electron chi connectivity index (χ3n) is 5.52. The third kappa shape index (κ3) is 3.76. The van der Waals surface area contributed by atoms with Crippen LogP contribution in [0.4, 0.5) is 18.9 Å². The normalized spacial score (nSPS) is 27.2. The first-order valence-corrected chi connectivity index (χ1v) is 8.77. The molecule has 7 heteroatoms. The lowest BCUT2D eigenvalue weighted by atomic mass is 9.97. The van der Waals surface area contributed by atoms with Gasteiger partial charge in [-0.1, -0.05) is 6.92 Å². The minimum Gasteiger partial charge on any atom is -0.371 e. The van der Waals surface area contributed by atoms with E-state index >= 15 is 0 Å². The number of halogens is 3. The van der Waals surface area contributed by atoms with Crippen molar-refractivity contribution in [2.24, 2.45) is 17.6 Å². The van der Waals surface area contributed by atoms with Crippen molar-refractivity contribution in [1.29, 1.82) is 0 Å². The Hall–Kier alpha value is -1.76. The number of carbonyl (C=O) groups is 1. The summed E-state index contributed by atoms with van der Waals surface area (Å²) in [4.78, 5) is 14.2. The lowest BCUT2D eigenvalue weighted by Crippen LogP contribution is -2.47. The monoisotopic (exact) mass is 355 g/mol. The minimum absolute atomic E-state index is 0.106. The Morgan fingerprint density at radius 2 is 1.96 bits per heavy atom. The fraction of sp³-hybridized carbons (Fsp3) is 0.611. The SMILES string of the molecule is CC[C@H](N)C(=O)N[C@H]1CC[C@@H]2CN(c3ccc(C(F)(F)F)cc3)C[C@@H]21. The number of rotatable bonds is 4. The lowest BCUT2D eigenvalue weighted by molar-refractivity contribution is -0.137. The molecule has 2 aliphatic rings. The van der Waals surface area contributed by atoms with Gasteiger partial charge in [0.15, 0.2) is 0 Å². The number of nitrogens with zero attached hydrogens (tertiary/aromatic N) is 1. The van der Waals surface area contributed by atoms with Crippen LogP contribution in [0.15, 0.2) is 24.3 Å². The van der Waals surface area contributed by atoms with E-state index in [1.54, 1.807) is 0 Å². The van der Waals surface area contributed by atoms with Crippen molar-refractivity contribution >= 4 is 11.6 Å². The molecule has 1 saturated heterocycles. The van der Waals surface area contributed by atoms with Gasteiger partial charge in [0, 0.05) is 30.7 Å². The van der Waals surface area contributed by atoms with Gasteiger partial charge in [-0.2, -0.15) is 13.2 Å². The van der Waals surface area contributed by atoms with Crippen molar-refractivity contribution in [3.63, 3.8) is 0 Å². The topological polar surface area (TPSA) is 58.4 Å². The predicted octanol–water partition coefficient (Wildman–Crippen LogP) is 2.77. The summed E-state index contributed by atoms with van der Waals surface area (Å²) in [6, 6.07) is 4.95. The van der Waals surface area contributed by atoms with Gasteiger partial charge in [0.25, 0.3) is 0 Å². The quantitative estimate of drug-likeness (QED) is 0.873. The van der Waals surface area contributed by atoms with Gasteiger partial charge in [0.2, 0.25) is 5.91 Å². The predicted molar refractivity (Wildman–Crippen MR) is 90.1 cm³/mol. The van der Waals surface area contributed by atoms with Crippen LogP contribution in [-0.4, -0.2) is 31.1 Å². The number of amides is 1. The number of fused-ring (bicyclic) bond motifs is 1. The number of nitrogens with two attached hydrogens (primary N) is 1. The summed E-state index contributed by atoms with van der Waals surface area (Å²) in [5.41, 5.74) is 5.96. The highest BCUT2D eigenvalue weighted by molar-refractivity contribution is 5.81. The van der Waals surface area contributed by atoms with Gasteiger partial charge in [-0.25, -0.2) is 0 Å².